The number of halogens is 1. The maximum Gasteiger partial charge on any atom is 0.254 e. The number of rotatable bonds is 3. The molecule has 1 fully saturated rings. The van der Waals surface area contributed by atoms with Crippen LogP contribution in [0.3, 0.4) is 0 Å². The molecule has 1 aliphatic heterocycles. The molecule has 1 aliphatic rings. The molecule has 1 saturated heterocycles. The van der Waals surface area contributed by atoms with Gasteiger partial charge in [-0.15, -0.1) is 11.6 Å². The second kappa shape index (κ2) is 4.29. The van der Waals surface area contributed by atoms with Crippen molar-refractivity contribution in [2.24, 2.45) is 0 Å². The predicted molar refractivity (Wildman–Crippen MR) is 51.9 cm³/mol. The van der Waals surface area contributed by atoms with Crippen molar-refractivity contribution < 1.29 is 9.53 Å². The number of amides is 1. The summed E-state index contributed by atoms with van der Waals surface area (Å²) in [6.45, 7) is 3.13. The number of carbonyl (C=O) groups is 1. The summed E-state index contributed by atoms with van der Waals surface area (Å²) < 4.78 is 5.44. The molecule has 1 unspecified atom stereocenters. The van der Waals surface area contributed by atoms with Gasteiger partial charge >= 0.3 is 0 Å². The zero-order valence-corrected chi connectivity index (χ0v) is 8.93. The Kier molecular flexibility index (Phi) is 3.56. The smallest absolute Gasteiger partial charge is 0.254 e. The van der Waals surface area contributed by atoms with E-state index in [4.69, 9.17) is 16.3 Å². The van der Waals surface area contributed by atoms with E-state index >= 15 is 0 Å². The van der Waals surface area contributed by atoms with E-state index in [1.54, 1.807) is 11.9 Å². The first-order valence-electron chi connectivity index (χ1n) is 4.55. The van der Waals surface area contributed by atoms with Crippen LogP contribution in [0.4, 0.5) is 0 Å². The van der Waals surface area contributed by atoms with Crippen LogP contribution in [0.1, 0.15) is 19.8 Å². The highest BCUT2D eigenvalue weighted by Crippen LogP contribution is 2.26. The van der Waals surface area contributed by atoms with Crippen molar-refractivity contribution in [1.29, 1.82) is 0 Å². The molecular formula is C9H16ClNO2. The Morgan fingerprint density at radius 1 is 1.69 bits per heavy atom. The highest BCUT2D eigenvalue weighted by molar-refractivity contribution is 6.18. The van der Waals surface area contributed by atoms with Gasteiger partial charge in [-0.3, -0.25) is 4.79 Å². The minimum atomic E-state index is -0.596. The Labute approximate surface area is 84.0 Å². The highest BCUT2D eigenvalue weighted by Gasteiger charge is 2.39. The van der Waals surface area contributed by atoms with Crippen LogP contribution in [0.25, 0.3) is 0 Å². The molecule has 1 amide bonds. The summed E-state index contributed by atoms with van der Waals surface area (Å²) in [7, 11) is 1.76. The molecule has 1 rings (SSSR count). The van der Waals surface area contributed by atoms with Crippen LogP contribution in [0.15, 0.2) is 0 Å². The number of hydrogen-bond donors (Lipinski definition) is 0. The lowest BCUT2D eigenvalue weighted by Gasteiger charge is -2.27. The lowest BCUT2D eigenvalue weighted by molar-refractivity contribution is -0.149. The highest BCUT2D eigenvalue weighted by atomic mass is 35.5. The predicted octanol–water partition coefficient (Wildman–Crippen LogP) is 1.25. The van der Waals surface area contributed by atoms with E-state index in [-0.39, 0.29) is 5.91 Å². The molecule has 13 heavy (non-hydrogen) atoms. The van der Waals surface area contributed by atoms with Crippen molar-refractivity contribution in [3.63, 3.8) is 0 Å². The summed E-state index contributed by atoms with van der Waals surface area (Å²) >= 11 is 5.56. The Hall–Kier alpha value is -0.280. The van der Waals surface area contributed by atoms with Gasteiger partial charge in [0.25, 0.3) is 5.91 Å². The van der Waals surface area contributed by atoms with Crippen molar-refractivity contribution in [3.8, 4) is 0 Å². The lowest BCUT2D eigenvalue weighted by Crippen LogP contribution is -2.45. The van der Waals surface area contributed by atoms with E-state index in [0.29, 0.717) is 19.0 Å². The fourth-order valence-electron chi connectivity index (χ4n) is 1.58. The molecule has 0 spiro atoms. The summed E-state index contributed by atoms with van der Waals surface area (Å²) in [5.41, 5.74) is -0.596. The van der Waals surface area contributed by atoms with E-state index in [1.165, 1.54) is 0 Å². The van der Waals surface area contributed by atoms with Gasteiger partial charge in [0, 0.05) is 26.1 Å². The standard InChI is InChI=1S/C9H16ClNO2/c1-9(4-3-7-13-9)8(12)11(2)6-5-10/h3-7H2,1-2H3. The second-order valence-electron chi connectivity index (χ2n) is 3.60. The average molecular weight is 206 g/mol. The molecule has 76 valence electrons. The fraction of sp³-hybridized carbons (Fsp3) is 0.889. The monoisotopic (exact) mass is 205 g/mol. The van der Waals surface area contributed by atoms with Gasteiger partial charge in [0.15, 0.2) is 0 Å². The van der Waals surface area contributed by atoms with E-state index < -0.39 is 5.60 Å². The largest absolute Gasteiger partial charge is 0.365 e. The van der Waals surface area contributed by atoms with Crippen LogP contribution < -0.4 is 0 Å². The molecule has 0 aromatic heterocycles. The van der Waals surface area contributed by atoms with Crippen LogP contribution >= 0.6 is 11.6 Å². The van der Waals surface area contributed by atoms with Gasteiger partial charge in [-0.1, -0.05) is 0 Å². The molecule has 0 radical (unpaired) electrons. The first-order chi connectivity index (χ1) is 6.10. The quantitative estimate of drug-likeness (QED) is 0.650. The van der Waals surface area contributed by atoms with Crippen LogP contribution in [-0.4, -0.2) is 42.5 Å². The Morgan fingerprint density at radius 3 is 2.85 bits per heavy atom. The normalized spacial score (nSPS) is 27.6. The van der Waals surface area contributed by atoms with Gasteiger partial charge < -0.3 is 9.64 Å². The molecule has 1 atom stereocenters. The molecule has 0 aliphatic carbocycles. The number of alkyl halides is 1. The lowest BCUT2D eigenvalue weighted by atomic mass is 10.0. The van der Waals surface area contributed by atoms with Crippen molar-refractivity contribution in [3.05, 3.63) is 0 Å². The van der Waals surface area contributed by atoms with E-state index in [0.717, 1.165) is 12.8 Å². The minimum Gasteiger partial charge on any atom is -0.365 e. The van der Waals surface area contributed by atoms with Crippen LogP contribution in [0.5, 0.6) is 0 Å². The summed E-state index contributed by atoms with van der Waals surface area (Å²) in [5.74, 6) is 0.517. The van der Waals surface area contributed by atoms with E-state index in [2.05, 4.69) is 0 Å². The van der Waals surface area contributed by atoms with Crippen LogP contribution in [-0.2, 0) is 9.53 Å². The number of nitrogens with zero attached hydrogens (tertiary/aromatic N) is 1. The number of ether oxygens (including phenoxy) is 1. The molecule has 0 aromatic carbocycles. The third-order valence-electron chi connectivity index (χ3n) is 2.44. The summed E-state index contributed by atoms with van der Waals surface area (Å²) in [5, 5.41) is 0. The van der Waals surface area contributed by atoms with Gasteiger partial charge in [-0.05, 0) is 19.8 Å². The number of hydrogen-bond acceptors (Lipinski definition) is 2. The Morgan fingerprint density at radius 2 is 2.38 bits per heavy atom. The summed E-state index contributed by atoms with van der Waals surface area (Å²) in [4.78, 5) is 13.4. The first-order valence-corrected chi connectivity index (χ1v) is 5.09. The van der Waals surface area contributed by atoms with E-state index in [9.17, 15) is 4.79 Å². The van der Waals surface area contributed by atoms with Gasteiger partial charge in [-0.25, -0.2) is 0 Å². The van der Waals surface area contributed by atoms with Crippen molar-refractivity contribution in [2.45, 2.75) is 25.4 Å². The minimum absolute atomic E-state index is 0.0469. The number of likely N-dealkylation sites (N-methyl/N-ethyl adjacent to an activating group) is 1. The maximum atomic E-state index is 11.8. The van der Waals surface area contributed by atoms with Gasteiger partial charge in [0.1, 0.15) is 5.60 Å². The third-order valence-corrected chi connectivity index (χ3v) is 2.61. The number of carbonyl (C=O) groups excluding carboxylic acids is 1. The van der Waals surface area contributed by atoms with Crippen LogP contribution in [0.2, 0.25) is 0 Å². The van der Waals surface area contributed by atoms with Crippen molar-refractivity contribution in [2.75, 3.05) is 26.1 Å². The van der Waals surface area contributed by atoms with Gasteiger partial charge in [0.05, 0.1) is 0 Å². The van der Waals surface area contributed by atoms with Gasteiger partial charge in [0.2, 0.25) is 0 Å². The molecule has 4 heteroatoms. The zero-order chi connectivity index (χ0) is 9.90. The molecule has 0 aromatic rings. The third kappa shape index (κ3) is 2.35. The average Bonchev–Trinajstić information content (AvgIpc) is 2.52. The first kappa shape index (κ1) is 10.8. The maximum absolute atomic E-state index is 11.8. The summed E-state index contributed by atoms with van der Waals surface area (Å²) in [6, 6.07) is 0. The molecule has 0 saturated carbocycles. The topological polar surface area (TPSA) is 29.5 Å². The van der Waals surface area contributed by atoms with E-state index in [1.807, 2.05) is 6.92 Å². The van der Waals surface area contributed by atoms with Gasteiger partial charge in [-0.2, -0.15) is 0 Å². The Balaban J connectivity index is 2.54. The molecule has 1 heterocycles. The SMILES string of the molecule is CN(CCCl)C(=O)C1(C)CCCO1. The van der Waals surface area contributed by atoms with Crippen molar-refractivity contribution >= 4 is 17.5 Å². The summed E-state index contributed by atoms with van der Waals surface area (Å²) in [6.07, 6.45) is 1.79. The van der Waals surface area contributed by atoms with Crippen molar-refractivity contribution in [1.82, 2.24) is 4.90 Å². The molecular weight excluding hydrogens is 190 g/mol. The fourth-order valence-corrected chi connectivity index (χ4v) is 1.83. The zero-order valence-electron chi connectivity index (χ0n) is 8.18. The Bertz CT molecular complexity index is 190. The molecule has 0 bridgehead atoms. The second-order valence-corrected chi connectivity index (χ2v) is 3.98. The molecule has 0 N–H and O–H groups in total. The molecule has 3 nitrogen and oxygen atoms in total. The van der Waals surface area contributed by atoms with Crippen LogP contribution in [0, 0.1) is 0 Å².